The lowest BCUT2D eigenvalue weighted by atomic mass is 9.82. The van der Waals surface area contributed by atoms with Crippen molar-refractivity contribution in [1.82, 2.24) is 0 Å². The molecule has 1 heteroatoms. The molecule has 0 aliphatic heterocycles. The monoisotopic (exact) mass is 179 g/mol. The molecule has 0 aromatic carbocycles. The Morgan fingerprint density at radius 1 is 1.38 bits per heavy atom. The predicted molar refractivity (Wildman–Crippen MR) is 59.3 cm³/mol. The second kappa shape index (κ2) is 3.65. The third kappa shape index (κ3) is 3.75. The largest absolute Gasteiger partial charge is 0.291 e. The van der Waals surface area contributed by atoms with Crippen molar-refractivity contribution in [2.24, 2.45) is 10.4 Å². The van der Waals surface area contributed by atoms with Crippen molar-refractivity contribution in [1.29, 1.82) is 0 Å². The van der Waals surface area contributed by atoms with Crippen LogP contribution in [0.5, 0.6) is 0 Å². The lowest BCUT2D eigenvalue weighted by Crippen LogP contribution is -2.20. The Balaban J connectivity index is 2.66. The molecule has 0 fully saturated rings. The number of nitrogens with zero attached hydrogens (tertiary/aromatic N) is 1. The Labute approximate surface area is 82.0 Å². The molecule has 0 amide bonds. The van der Waals surface area contributed by atoms with Gasteiger partial charge in [-0.3, -0.25) is 4.99 Å². The zero-order valence-electron chi connectivity index (χ0n) is 9.30. The quantitative estimate of drug-likeness (QED) is 0.431. The Bertz CT molecular complexity index is 220. The average molecular weight is 179 g/mol. The van der Waals surface area contributed by atoms with Crippen molar-refractivity contribution in [2.75, 3.05) is 0 Å². The van der Waals surface area contributed by atoms with Crippen LogP contribution in [0.2, 0.25) is 0 Å². The molecule has 0 saturated carbocycles. The standard InChI is InChI=1S/C12H21N/c1-11(2,3)13-10-12(4)8-6-5-7-9-12/h6,8,10H,5,7,9H2,1-4H3. The van der Waals surface area contributed by atoms with E-state index < -0.39 is 0 Å². The average Bonchev–Trinajstić information content (AvgIpc) is 2.02. The topological polar surface area (TPSA) is 12.4 Å². The van der Waals surface area contributed by atoms with Gasteiger partial charge in [0, 0.05) is 11.6 Å². The molecule has 0 saturated heterocycles. The lowest BCUT2D eigenvalue weighted by Gasteiger charge is -2.25. The second-order valence-electron chi connectivity index (χ2n) is 5.23. The third-order valence-electron chi connectivity index (χ3n) is 2.33. The summed E-state index contributed by atoms with van der Waals surface area (Å²) in [6.07, 6.45) is 10.5. The molecule has 13 heavy (non-hydrogen) atoms. The van der Waals surface area contributed by atoms with Crippen LogP contribution in [-0.2, 0) is 0 Å². The fraction of sp³-hybridized carbons (Fsp3) is 0.750. The maximum absolute atomic E-state index is 4.58. The first kappa shape index (κ1) is 10.5. The predicted octanol–water partition coefficient (Wildman–Crippen LogP) is 3.60. The molecule has 0 aromatic rings. The number of hydrogen-bond acceptors (Lipinski definition) is 1. The van der Waals surface area contributed by atoms with Crippen LogP contribution in [0.15, 0.2) is 17.1 Å². The van der Waals surface area contributed by atoms with Crippen LogP contribution < -0.4 is 0 Å². The fourth-order valence-electron chi connectivity index (χ4n) is 1.49. The maximum Gasteiger partial charge on any atom is 0.0520 e. The summed E-state index contributed by atoms with van der Waals surface area (Å²) in [5.74, 6) is 0. The molecule has 1 aliphatic rings. The van der Waals surface area contributed by atoms with E-state index in [0.717, 1.165) is 0 Å². The first-order chi connectivity index (χ1) is 5.91. The fourth-order valence-corrected chi connectivity index (χ4v) is 1.49. The molecular weight excluding hydrogens is 158 g/mol. The van der Waals surface area contributed by atoms with Crippen LogP contribution >= 0.6 is 0 Å². The SMILES string of the molecule is CC1(C=NC(C)(C)C)C=CCCC1. The highest BCUT2D eigenvalue weighted by molar-refractivity contribution is 5.68. The van der Waals surface area contributed by atoms with E-state index in [1.165, 1.54) is 19.3 Å². The Morgan fingerprint density at radius 3 is 2.54 bits per heavy atom. The molecule has 0 N–H and O–H groups in total. The molecule has 0 bridgehead atoms. The zero-order chi connectivity index (χ0) is 9.95. The van der Waals surface area contributed by atoms with Crippen molar-refractivity contribution in [3.05, 3.63) is 12.2 Å². The molecule has 0 aromatic heterocycles. The van der Waals surface area contributed by atoms with Crippen LogP contribution in [0, 0.1) is 5.41 Å². The summed E-state index contributed by atoms with van der Waals surface area (Å²) in [5.41, 5.74) is 0.278. The van der Waals surface area contributed by atoms with Crippen LogP contribution in [0.3, 0.4) is 0 Å². The van der Waals surface area contributed by atoms with Gasteiger partial charge in [-0.1, -0.05) is 19.1 Å². The van der Waals surface area contributed by atoms with E-state index in [4.69, 9.17) is 0 Å². The minimum atomic E-state index is 0.0638. The Morgan fingerprint density at radius 2 is 2.08 bits per heavy atom. The van der Waals surface area contributed by atoms with Crippen LogP contribution in [0.25, 0.3) is 0 Å². The summed E-state index contributed by atoms with van der Waals surface area (Å²) in [6, 6.07) is 0. The summed E-state index contributed by atoms with van der Waals surface area (Å²) < 4.78 is 0. The van der Waals surface area contributed by atoms with Gasteiger partial charge in [0.05, 0.1) is 5.54 Å². The molecule has 74 valence electrons. The maximum atomic E-state index is 4.58. The van der Waals surface area contributed by atoms with Gasteiger partial charge in [-0.05, 0) is 40.0 Å². The molecule has 1 aliphatic carbocycles. The van der Waals surface area contributed by atoms with Gasteiger partial charge in [-0.25, -0.2) is 0 Å². The van der Waals surface area contributed by atoms with Crippen molar-refractivity contribution in [3.63, 3.8) is 0 Å². The van der Waals surface area contributed by atoms with E-state index >= 15 is 0 Å². The van der Waals surface area contributed by atoms with E-state index in [2.05, 4.69) is 51.1 Å². The number of allylic oxidation sites excluding steroid dienone is 2. The number of hydrogen-bond donors (Lipinski definition) is 0. The lowest BCUT2D eigenvalue weighted by molar-refractivity contribution is 0.491. The van der Waals surface area contributed by atoms with Gasteiger partial charge in [-0.15, -0.1) is 0 Å². The van der Waals surface area contributed by atoms with Crippen LogP contribution in [-0.4, -0.2) is 11.8 Å². The molecule has 1 atom stereocenters. The van der Waals surface area contributed by atoms with Gasteiger partial charge in [0.15, 0.2) is 0 Å². The Hall–Kier alpha value is -0.590. The van der Waals surface area contributed by atoms with E-state index in [0.29, 0.717) is 0 Å². The number of aliphatic imine (C=N–C) groups is 1. The van der Waals surface area contributed by atoms with E-state index in [1.54, 1.807) is 0 Å². The highest BCUT2D eigenvalue weighted by atomic mass is 14.8. The molecule has 0 heterocycles. The third-order valence-corrected chi connectivity index (χ3v) is 2.33. The molecule has 1 nitrogen and oxygen atoms in total. The van der Waals surface area contributed by atoms with Gasteiger partial charge in [0.2, 0.25) is 0 Å². The van der Waals surface area contributed by atoms with Crippen molar-refractivity contribution < 1.29 is 0 Å². The minimum Gasteiger partial charge on any atom is -0.291 e. The molecule has 1 unspecified atom stereocenters. The van der Waals surface area contributed by atoms with Gasteiger partial charge in [-0.2, -0.15) is 0 Å². The summed E-state index contributed by atoms with van der Waals surface area (Å²) in [7, 11) is 0. The molecule has 0 radical (unpaired) electrons. The highest BCUT2D eigenvalue weighted by Crippen LogP contribution is 2.28. The first-order valence-corrected chi connectivity index (χ1v) is 5.15. The van der Waals surface area contributed by atoms with Gasteiger partial charge in [0.25, 0.3) is 0 Å². The van der Waals surface area contributed by atoms with Crippen LogP contribution in [0.1, 0.15) is 47.0 Å². The summed E-state index contributed by atoms with van der Waals surface area (Å²) in [6.45, 7) is 8.68. The molecule has 1 rings (SSSR count). The van der Waals surface area contributed by atoms with E-state index in [9.17, 15) is 0 Å². The Kier molecular flexibility index (Phi) is 2.94. The number of rotatable bonds is 1. The van der Waals surface area contributed by atoms with Crippen molar-refractivity contribution in [2.45, 2.75) is 52.5 Å². The van der Waals surface area contributed by atoms with Gasteiger partial charge < -0.3 is 0 Å². The summed E-state index contributed by atoms with van der Waals surface area (Å²) in [4.78, 5) is 4.58. The zero-order valence-corrected chi connectivity index (χ0v) is 9.30. The smallest absolute Gasteiger partial charge is 0.0520 e. The highest BCUT2D eigenvalue weighted by Gasteiger charge is 2.21. The summed E-state index contributed by atoms with van der Waals surface area (Å²) in [5, 5.41) is 0. The first-order valence-electron chi connectivity index (χ1n) is 5.15. The molecule has 0 spiro atoms. The second-order valence-corrected chi connectivity index (χ2v) is 5.23. The van der Waals surface area contributed by atoms with Crippen LogP contribution in [0.4, 0.5) is 0 Å². The van der Waals surface area contributed by atoms with Crippen molar-refractivity contribution >= 4 is 6.21 Å². The normalized spacial score (nSPS) is 29.8. The van der Waals surface area contributed by atoms with Crippen molar-refractivity contribution in [3.8, 4) is 0 Å². The van der Waals surface area contributed by atoms with Gasteiger partial charge >= 0.3 is 0 Å². The molecular formula is C12H21N. The van der Waals surface area contributed by atoms with E-state index in [1.807, 2.05) is 0 Å². The van der Waals surface area contributed by atoms with E-state index in [-0.39, 0.29) is 11.0 Å². The summed E-state index contributed by atoms with van der Waals surface area (Å²) >= 11 is 0. The minimum absolute atomic E-state index is 0.0638. The van der Waals surface area contributed by atoms with Gasteiger partial charge in [0.1, 0.15) is 0 Å².